The number of nitrogens with zero attached hydrogens (tertiary/aromatic N) is 3. The molecule has 4 nitrogen and oxygen atoms in total. The van der Waals surface area contributed by atoms with E-state index in [1.54, 1.807) is 0 Å². The summed E-state index contributed by atoms with van der Waals surface area (Å²) in [5, 5.41) is 4.22. The van der Waals surface area contributed by atoms with Crippen molar-refractivity contribution in [3.05, 3.63) is 40.2 Å². The van der Waals surface area contributed by atoms with E-state index >= 15 is 0 Å². The Balaban J connectivity index is 2.37. The van der Waals surface area contributed by atoms with Crippen molar-refractivity contribution in [2.45, 2.75) is 39.2 Å². The zero-order valence-corrected chi connectivity index (χ0v) is 12.0. The van der Waals surface area contributed by atoms with Crippen LogP contribution < -0.4 is 5.73 Å². The van der Waals surface area contributed by atoms with Gasteiger partial charge in [0.05, 0.1) is 16.6 Å². The van der Waals surface area contributed by atoms with Gasteiger partial charge in [0.15, 0.2) is 0 Å². The summed E-state index contributed by atoms with van der Waals surface area (Å²) in [5.74, 6) is 0. The first-order valence-electron chi connectivity index (χ1n) is 5.90. The van der Waals surface area contributed by atoms with Crippen LogP contribution in [0.1, 0.15) is 48.6 Å². The Morgan fingerprint density at radius 3 is 2.56 bits per heavy atom. The fourth-order valence-corrected chi connectivity index (χ4v) is 2.63. The van der Waals surface area contributed by atoms with Crippen LogP contribution in [0.3, 0.4) is 0 Å². The average molecular weight is 262 g/mol. The van der Waals surface area contributed by atoms with Crippen molar-refractivity contribution in [2.24, 2.45) is 5.73 Å². The third-order valence-corrected chi connectivity index (χ3v) is 3.61. The summed E-state index contributed by atoms with van der Waals surface area (Å²) < 4.78 is 4.04. The van der Waals surface area contributed by atoms with Gasteiger partial charge in [0.1, 0.15) is 0 Å². The topological polar surface area (TPSA) is 64.7 Å². The molecule has 1 unspecified atom stereocenters. The van der Waals surface area contributed by atoms with Crippen molar-refractivity contribution < 1.29 is 0 Å². The van der Waals surface area contributed by atoms with Gasteiger partial charge >= 0.3 is 0 Å². The SMILES string of the molecule is Cc1ccc(C(N)c2snnc2C(C)(C)C)cn1. The fraction of sp³-hybridized carbons (Fsp3) is 0.462. The monoisotopic (exact) mass is 262 g/mol. The van der Waals surface area contributed by atoms with E-state index < -0.39 is 0 Å². The van der Waals surface area contributed by atoms with Crippen molar-refractivity contribution in [1.82, 2.24) is 14.6 Å². The van der Waals surface area contributed by atoms with Gasteiger partial charge < -0.3 is 5.73 Å². The average Bonchev–Trinajstić information content (AvgIpc) is 2.77. The van der Waals surface area contributed by atoms with E-state index in [2.05, 4.69) is 35.3 Å². The van der Waals surface area contributed by atoms with Gasteiger partial charge in [-0.05, 0) is 30.1 Å². The van der Waals surface area contributed by atoms with Gasteiger partial charge in [0.2, 0.25) is 0 Å². The third-order valence-electron chi connectivity index (χ3n) is 2.80. The van der Waals surface area contributed by atoms with E-state index in [-0.39, 0.29) is 11.5 Å². The van der Waals surface area contributed by atoms with Gasteiger partial charge in [-0.3, -0.25) is 4.98 Å². The molecular weight excluding hydrogens is 244 g/mol. The molecule has 0 radical (unpaired) electrons. The Morgan fingerprint density at radius 2 is 2.00 bits per heavy atom. The van der Waals surface area contributed by atoms with Crippen LogP contribution in [0.4, 0.5) is 0 Å². The van der Waals surface area contributed by atoms with Crippen molar-refractivity contribution in [1.29, 1.82) is 0 Å². The molecule has 2 heterocycles. The first kappa shape index (κ1) is 13.1. The van der Waals surface area contributed by atoms with Crippen LogP contribution in [-0.2, 0) is 5.41 Å². The molecule has 0 bridgehead atoms. The second-order valence-electron chi connectivity index (χ2n) is 5.45. The number of nitrogens with two attached hydrogens (primary N) is 1. The first-order chi connectivity index (χ1) is 8.39. The summed E-state index contributed by atoms with van der Waals surface area (Å²) in [6.07, 6.45) is 1.83. The Kier molecular flexibility index (Phi) is 3.45. The zero-order valence-electron chi connectivity index (χ0n) is 11.1. The summed E-state index contributed by atoms with van der Waals surface area (Å²) in [7, 11) is 0. The van der Waals surface area contributed by atoms with Crippen molar-refractivity contribution in [3.8, 4) is 0 Å². The van der Waals surface area contributed by atoms with E-state index in [1.165, 1.54) is 11.5 Å². The number of aryl methyl sites for hydroxylation is 1. The maximum Gasteiger partial charge on any atom is 0.0860 e. The molecule has 0 aliphatic carbocycles. The predicted octanol–water partition coefficient (Wildman–Crippen LogP) is 2.59. The van der Waals surface area contributed by atoms with Crippen LogP contribution in [0.5, 0.6) is 0 Å². The second-order valence-corrected chi connectivity index (χ2v) is 6.23. The first-order valence-corrected chi connectivity index (χ1v) is 6.68. The molecule has 0 saturated carbocycles. The van der Waals surface area contributed by atoms with Gasteiger partial charge in [-0.2, -0.15) is 0 Å². The predicted molar refractivity (Wildman–Crippen MR) is 73.6 cm³/mol. The lowest BCUT2D eigenvalue weighted by Gasteiger charge is -2.19. The fourth-order valence-electron chi connectivity index (χ4n) is 1.74. The summed E-state index contributed by atoms with van der Waals surface area (Å²) in [4.78, 5) is 5.31. The molecule has 0 aromatic carbocycles. The van der Waals surface area contributed by atoms with Crippen LogP contribution in [0.15, 0.2) is 18.3 Å². The molecule has 2 aromatic heterocycles. The van der Waals surface area contributed by atoms with E-state index in [4.69, 9.17) is 5.73 Å². The molecule has 18 heavy (non-hydrogen) atoms. The lowest BCUT2D eigenvalue weighted by molar-refractivity contribution is 0.556. The molecule has 5 heteroatoms. The Bertz CT molecular complexity index is 525. The van der Waals surface area contributed by atoms with Gasteiger partial charge in [-0.15, -0.1) is 5.10 Å². The number of hydrogen-bond donors (Lipinski definition) is 1. The molecule has 96 valence electrons. The van der Waals surface area contributed by atoms with Gasteiger partial charge in [-0.1, -0.05) is 31.3 Å². The Morgan fingerprint density at radius 1 is 1.28 bits per heavy atom. The number of hydrogen-bond acceptors (Lipinski definition) is 5. The van der Waals surface area contributed by atoms with E-state index in [0.717, 1.165) is 21.8 Å². The standard InChI is InChI=1S/C13H18N4S/c1-8-5-6-9(7-15-8)10(14)11-12(13(2,3)4)16-17-18-11/h5-7,10H,14H2,1-4H3. The van der Waals surface area contributed by atoms with Gasteiger partial charge in [0.25, 0.3) is 0 Å². The quantitative estimate of drug-likeness (QED) is 0.903. The van der Waals surface area contributed by atoms with Gasteiger partial charge in [-0.25, -0.2) is 0 Å². The maximum atomic E-state index is 6.30. The zero-order chi connectivity index (χ0) is 13.3. The molecule has 0 aliphatic rings. The number of aromatic nitrogens is 3. The highest BCUT2D eigenvalue weighted by molar-refractivity contribution is 7.05. The summed E-state index contributed by atoms with van der Waals surface area (Å²) in [6.45, 7) is 8.32. The van der Waals surface area contributed by atoms with Gasteiger partial charge in [0, 0.05) is 17.3 Å². The Hall–Kier alpha value is -1.33. The minimum Gasteiger partial charge on any atom is -0.319 e. The Labute approximate surface area is 111 Å². The molecule has 0 saturated heterocycles. The van der Waals surface area contributed by atoms with Crippen LogP contribution >= 0.6 is 11.5 Å². The third kappa shape index (κ3) is 2.57. The molecule has 2 aromatic rings. The summed E-state index contributed by atoms with van der Waals surface area (Å²) >= 11 is 1.37. The largest absolute Gasteiger partial charge is 0.319 e. The molecule has 1 atom stereocenters. The molecular formula is C13H18N4S. The van der Waals surface area contributed by atoms with E-state index in [1.807, 2.05) is 25.3 Å². The van der Waals surface area contributed by atoms with E-state index in [9.17, 15) is 0 Å². The molecule has 0 spiro atoms. The smallest absolute Gasteiger partial charge is 0.0860 e. The molecule has 0 aliphatic heterocycles. The van der Waals surface area contributed by atoms with Crippen LogP contribution in [0, 0.1) is 6.92 Å². The number of pyridine rings is 1. The normalized spacial score (nSPS) is 13.6. The number of rotatable bonds is 2. The molecule has 0 amide bonds. The molecule has 0 fully saturated rings. The lowest BCUT2D eigenvalue weighted by Crippen LogP contribution is -2.19. The second kappa shape index (κ2) is 4.74. The highest BCUT2D eigenvalue weighted by atomic mass is 32.1. The molecule has 2 rings (SSSR count). The van der Waals surface area contributed by atoms with Crippen molar-refractivity contribution >= 4 is 11.5 Å². The lowest BCUT2D eigenvalue weighted by atomic mass is 9.89. The summed E-state index contributed by atoms with van der Waals surface area (Å²) in [6, 6.07) is 3.78. The highest BCUT2D eigenvalue weighted by Gasteiger charge is 2.26. The van der Waals surface area contributed by atoms with Crippen LogP contribution in [0.25, 0.3) is 0 Å². The molecule has 2 N–H and O–H groups in total. The van der Waals surface area contributed by atoms with Crippen molar-refractivity contribution in [2.75, 3.05) is 0 Å². The van der Waals surface area contributed by atoms with Crippen molar-refractivity contribution in [3.63, 3.8) is 0 Å². The minimum absolute atomic E-state index is 0.0436. The maximum absolute atomic E-state index is 6.30. The summed E-state index contributed by atoms with van der Waals surface area (Å²) in [5.41, 5.74) is 9.22. The van der Waals surface area contributed by atoms with Crippen LogP contribution in [0.2, 0.25) is 0 Å². The minimum atomic E-state index is -0.202. The van der Waals surface area contributed by atoms with Crippen LogP contribution in [-0.4, -0.2) is 14.6 Å². The highest BCUT2D eigenvalue weighted by Crippen LogP contribution is 2.31. The van der Waals surface area contributed by atoms with E-state index in [0.29, 0.717) is 0 Å².